The lowest BCUT2D eigenvalue weighted by Gasteiger charge is -2.31. The van der Waals surface area contributed by atoms with Gasteiger partial charge in [-0.3, -0.25) is 4.90 Å². The van der Waals surface area contributed by atoms with Crippen LogP contribution in [0.15, 0.2) is 34.1 Å². The van der Waals surface area contributed by atoms with Gasteiger partial charge in [0.05, 0.1) is 4.90 Å². The van der Waals surface area contributed by atoms with Crippen molar-refractivity contribution in [1.29, 1.82) is 0 Å². The molecule has 1 atom stereocenters. The predicted octanol–water partition coefficient (Wildman–Crippen LogP) is 3.88. The van der Waals surface area contributed by atoms with Crippen molar-refractivity contribution in [1.82, 2.24) is 10.4 Å². The molecule has 0 aliphatic rings. The second kappa shape index (κ2) is 13.5. The number of carbonyl (C=O) groups is 3. The SMILES string of the molecule is CC(C)[C@@H](C(=O)ONC(=O)OC(C)(C)C)N(C)C(=O)OC(C)(C)C.CS(=O)(=O)c1ccccc1S(=O)(=O)Cl. The van der Waals surface area contributed by atoms with E-state index >= 15 is 0 Å². The summed E-state index contributed by atoms with van der Waals surface area (Å²) >= 11 is 0. The van der Waals surface area contributed by atoms with Gasteiger partial charge in [0, 0.05) is 24.0 Å². The molecule has 0 radical (unpaired) electrons. The summed E-state index contributed by atoms with van der Waals surface area (Å²) in [7, 11) is -1.09. The molecule has 38 heavy (non-hydrogen) atoms. The van der Waals surface area contributed by atoms with Gasteiger partial charge in [0.15, 0.2) is 9.84 Å². The number of sulfone groups is 1. The lowest BCUT2D eigenvalue weighted by Crippen LogP contribution is -2.50. The number of nitrogens with one attached hydrogen (secondary N) is 1. The first-order valence-electron chi connectivity index (χ1n) is 11.3. The van der Waals surface area contributed by atoms with E-state index in [2.05, 4.69) is 0 Å². The molecular formula is C23H37ClN2O10S2. The summed E-state index contributed by atoms with van der Waals surface area (Å²) in [6.07, 6.45) is -0.623. The molecule has 0 unspecified atom stereocenters. The lowest BCUT2D eigenvalue weighted by molar-refractivity contribution is -0.158. The summed E-state index contributed by atoms with van der Waals surface area (Å²) in [5, 5.41) is 0. The average Bonchev–Trinajstić information content (AvgIpc) is 2.69. The quantitative estimate of drug-likeness (QED) is 0.298. The van der Waals surface area contributed by atoms with Crippen LogP contribution in [0.2, 0.25) is 0 Å². The van der Waals surface area contributed by atoms with Gasteiger partial charge in [0.1, 0.15) is 22.1 Å². The van der Waals surface area contributed by atoms with Crippen LogP contribution >= 0.6 is 10.7 Å². The molecule has 0 fully saturated rings. The molecule has 1 aromatic carbocycles. The molecule has 0 bridgehead atoms. The van der Waals surface area contributed by atoms with Crippen LogP contribution in [0.5, 0.6) is 0 Å². The van der Waals surface area contributed by atoms with Gasteiger partial charge in [-0.2, -0.15) is 0 Å². The Labute approximate surface area is 229 Å². The number of hydrogen-bond donors (Lipinski definition) is 1. The Bertz CT molecular complexity index is 1150. The topological polar surface area (TPSA) is 162 Å². The van der Waals surface area contributed by atoms with Crippen molar-refractivity contribution >= 4 is 47.7 Å². The largest absolute Gasteiger partial charge is 0.444 e. The highest BCUT2D eigenvalue weighted by Crippen LogP contribution is 2.23. The van der Waals surface area contributed by atoms with Gasteiger partial charge in [-0.15, -0.1) is 5.48 Å². The zero-order valence-corrected chi connectivity index (χ0v) is 25.6. The van der Waals surface area contributed by atoms with Crippen LogP contribution in [-0.2, 0) is 38.0 Å². The molecule has 1 rings (SSSR count). The summed E-state index contributed by atoms with van der Waals surface area (Å²) < 4.78 is 54.6. The Morgan fingerprint density at radius 2 is 1.34 bits per heavy atom. The monoisotopic (exact) mass is 600 g/mol. The van der Waals surface area contributed by atoms with E-state index in [0.717, 1.165) is 17.2 Å². The molecule has 0 spiro atoms. The molecule has 1 aromatic rings. The normalized spacial score (nSPS) is 12.9. The Kier molecular flexibility index (Phi) is 12.6. The Hall–Kier alpha value is -2.58. The van der Waals surface area contributed by atoms with E-state index in [-0.39, 0.29) is 15.7 Å². The van der Waals surface area contributed by atoms with E-state index in [9.17, 15) is 31.2 Å². The fourth-order valence-corrected chi connectivity index (χ4v) is 5.37. The summed E-state index contributed by atoms with van der Waals surface area (Å²) in [4.78, 5) is 41.1. The van der Waals surface area contributed by atoms with Crippen LogP contribution < -0.4 is 5.48 Å². The van der Waals surface area contributed by atoms with E-state index < -0.39 is 54.3 Å². The van der Waals surface area contributed by atoms with Gasteiger partial charge < -0.3 is 14.3 Å². The fourth-order valence-electron chi connectivity index (χ4n) is 2.73. The summed E-state index contributed by atoms with van der Waals surface area (Å²) in [6, 6.07) is 4.27. The van der Waals surface area contributed by atoms with E-state index in [1.165, 1.54) is 25.2 Å². The number of likely N-dealkylation sites (N-methyl/N-ethyl adjacent to an activating group) is 1. The highest BCUT2D eigenvalue weighted by Gasteiger charge is 2.34. The third-order valence-corrected chi connectivity index (χ3v) is 6.78. The van der Waals surface area contributed by atoms with Crippen molar-refractivity contribution in [3.05, 3.63) is 24.3 Å². The Morgan fingerprint density at radius 1 is 0.895 bits per heavy atom. The molecule has 0 saturated carbocycles. The zero-order valence-electron chi connectivity index (χ0n) is 23.2. The molecule has 0 aliphatic heterocycles. The minimum absolute atomic E-state index is 0.254. The second-order valence-corrected chi connectivity index (χ2v) is 15.0. The number of ether oxygens (including phenoxy) is 2. The molecule has 12 nitrogen and oxygen atoms in total. The van der Waals surface area contributed by atoms with Crippen LogP contribution in [0, 0.1) is 5.92 Å². The highest BCUT2D eigenvalue weighted by atomic mass is 35.7. The maximum absolute atomic E-state index is 12.2. The molecular weight excluding hydrogens is 564 g/mol. The molecule has 0 heterocycles. The van der Waals surface area contributed by atoms with Crippen LogP contribution in [0.25, 0.3) is 0 Å². The number of hydrogen-bond acceptors (Lipinski definition) is 10. The molecule has 218 valence electrons. The van der Waals surface area contributed by atoms with Gasteiger partial charge >= 0.3 is 18.2 Å². The third-order valence-electron chi connectivity index (χ3n) is 4.12. The van der Waals surface area contributed by atoms with E-state index in [0.29, 0.717) is 0 Å². The minimum Gasteiger partial charge on any atom is -0.444 e. The zero-order chi connectivity index (χ0) is 30.3. The van der Waals surface area contributed by atoms with Crippen molar-refractivity contribution in [2.75, 3.05) is 13.3 Å². The van der Waals surface area contributed by atoms with E-state index in [4.69, 9.17) is 25.0 Å². The van der Waals surface area contributed by atoms with Crippen LogP contribution in [0.1, 0.15) is 55.4 Å². The maximum Gasteiger partial charge on any atom is 0.441 e. The number of benzene rings is 1. The van der Waals surface area contributed by atoms with Crippen LogP contribution in [0.3, 0.4) is 0 Å². The third kappa shape index (κ3) is 13.3. The van der Waals surface area contributed by atoms with E-state index in [1.54, 1.807) is 55.4 Å². The minimum atomic E-state index is -4.02. The van der Waals surface area contributed by atoms with Crippen LogP contribution in [0.4, 0.5) is 9.59 Å². The molecule has 0 aromatic heterocycles. The Balaban J connectivity index is 0.000000824. The maximum atomic E-state index is 12.2. The highest BCUT2D eigenvalue weighted by molar-refractivity contribution is 8.14. The summed E-state index contributed by atoms with van der Waals surface area (Å²) in [5.41, 5.74) is 0.517. The smallest absolute Gasteiger partial charge is 0.441 e. The van der Waals surface area contributed by atoms with Crippen molar-refractivity contribution in [3.63, 3.8) is 0 Å². The molecule has 1 N–H and O–H groups in total. The first-order valence-corrected chi connectivity index (χ1v) is 15.5. The average molecular weight is 601 g/mol. The standard InChI is InChI=1S/C16H30N2O6.C7H7ClO4S2/c1-10(2)11(18(9)14(21)23-16(6,7)8)12(19)24-17-13(20)22-15(3,4)5;1-13(9,10)6-4-2-3-5-7(6)14(8,11)12/h10-11H,1-9H3,(H,17,20);2-5H,1H3/t11-;/m0./s1. The number of hydroxylamine groups is 1. The number of rotatable bonds is 5. The number of nitrogens with zero attached hydrogens (tertiary/aromatic N) is 1. The van der Waals surface area contributed by atoms with Crippen molar-refractivity contribution < 1.29 is 45.5 Å². The Morgan fingerprint density at radius 3 is 1.68 bits per heavy atom. The predicted molar refractivity (Wildman–Crippen MR) is 141 cm³/mol. The molecule has 2 amide bonds. The van der Waals surface area contributed by atoms with Gasteiger partial charge in [-0.25, -0.2) is 31.2 Å². The fraction of sp³-hybridized carbons (Fsp3) is 0.609. The van der Waals surface area contributed by atoms with Crippen molar-refractivity contribution in [3.8, 4) is 0 Å². The molecule has 0 saturated heterocycles. The van der Waals surface area contributed by atoms with Gasteiger partial charge in [0.25, 0.3) is 9.05 Å². The van der Waals surface area contributed by atoms with Crippen molar-refractivity contribution in [2.45, 2.75) is 82.4 Å². The summed E-state index contributed by atoms with van der Waals surface area (Å²) in [6.45, 7) is 13.7. The molecule has 0 aliphatic carbocycles. The van der Waals surface area contributed by atoms with Gasteiger partial charge in [0.2, 0.25) is 0 Å². The van der Waals surface area contributed by atoms with Gasteiger partial charge in [-0.1, -0.05) is 26.0 Å². The van der Waals surface area contributed by atoms with Crippen LogP contribution in [-0.4, -0.2) is 70.4 Å². The first kappa shape index (κ1) is 35.4. The number of amides is 2. The van der Waals surface area contributed by atoms with E-state index in [1.807, 2.05) is 5.48 Å². The number of halogens is 1. The summed E-state index contributed by atoms with van der Waals surface area (Å²) in [5.74, 6) is -1.04. The number of carbonyl (C=O) groups excluding carboxylic acids is 3. The van der Waals surface area contributed by atoms with Crippen molar-refractivity contribution in [2.24, 2.45) is 5.92 Å². The van der Waals surface area contributed by atoms with Gasteiger partial charge in [-0.05, 0) is 59.6 Å². The molecule has 15 heteroatoms. The second-order valence-electron chi connectivity index (χ2n) is 10.5. The first-order chi connectivity index (χ1) is 16.9. The lowest BCUT2D eigenvalue weighted by atomic mass is 10.0.